The number of carbonyl (C=O) groups excluding carboxylic acids is 1. The van der Waals surface area contributed by atoms with Crippen molar-refractivity contribution in [3.05, 3.63) is 41.9 Å². The van der Waals surface area contributed by atoms with Crippen LogP contribution in [0.3, 0.4) is 0 Å². The molecule has 138 valence electrons. The lowest BCUT2D eigenvalue weighted by atomic mass is 9.78. The van der Waals surface area contributed by atoms with E-state index in [2.05, 4.69) is 15.2 Å². The van der Waals surface area contributed by atoms with Gasteiger partial charge < -0.3 is 14.1 Å². The predicted molar refractivity (Wildman–Crippen MR) is 93.3 cm³/mol. The van der Waals surface area contributed by atoms with Crippen molar-refractivity contribution >= 4 is 5.91 Å². The number of pyridine rings is 1. The van der Waals surface area contributed by atoms with Crippen molar-refractivity contribution in [1.82, 2.24) is 20.1 Å². The molecule has 0 spiro atoms. The van der Waals surface area contributed by atoms with E-state index in [1.165, 1.54) is 0 Å². The average molecular weight is 356 g/mol. The van der Waals surface area contributed by atoms with Gasteiger partial charge in [-0.3, -0.25) is 9.78 Å². The zero-order chi connectivity index (χ0) is 18.1. The minimum atomic E-state index is -0.472. The van der Waals surface area contributed by atoms with E-state index in [-0.39, 0.29) is 18.1 Å². The molecule has 0 unspecified atom stereocenters. The Morgan fingerprint density at radius 2 is 2.08 bits per heavy atom. The van der Waals surface area contributed by atoms with Crippen LogP contribution in [-0.2, 0) is 14.9 Å². The number of amides is 1. The molecule has 1 amide bonds. The SMILES string of the molecule is Cc1nnc([C@H]2CN(C(=O)C3(c4cccnc4)CCCC3)C[C@@H](C)O2)o1. The van der Waals surface area contributed by atoms with Crippen LogP contribution in [0.4, 0.5) is 0 Å². The molecule has 0 aromatic carbocycles. The molecule has 0 radical (unpaired) electrons. The third-order valence-corrected chi connectivity index (χ3v) is 5.45. The Bertz CT molecular complexity index is 770. The van der Waals surface area contributed by atoms with E-state index in [9.17, 15) is 4.79 Å². The number of morpholine rings is 1. The minimum absolute atomic E-state index is 0.0859. The highest BCUT2D eigenvalue weighted by molar-refractivity contribution is 5.88. The van der Waals surface area contributed by atoms with Crippen LogP contribution in [0.15, 0.2) is 28.9 Å². The Labute approximate surface area is 152 Å². The van der Waals surface area contributed by atoms with Crippen molar-refractivity contribution in [3.8, 4) is 0 Å². The molecule has 3 heterocycles. The lowest BCUT2D eigenvalue weighted by molar-refractivity contribution is -0.152. The van der Waals surface area contributed by atoms with E-state index in [0.29, 0.717) is 24.9 Å². The fourth-order valence-corrected chi connectivity index (χ4v) is 4.25. The zero-order valence-electron chi connectivity index (χ0n) is 15.2. The summed E-state index contributed by atoms with van der Waals surface area (Å²) in [7, 11) is 0. The molecule has 7 heteroatoms. The monoisotopic (exact) mass is 356 g/mol. The molecule has 1 saturated carbocycles. The number of aryl methyl sites for hydroxylation is 1. The molecule has 2 aromatic heterocycles. The summed E-state index contributed by atoms with van der Waals surface area (Å²) in [5, 5.41) is 7.97. The first-order chi connectivity index (χ1) is 12.6. The smallest absolute Gasteiger partial charge is 0.247 e. The van der Waals surface area contributed by atoms with Gasteiger partial charge in [0.1, 0.15) is 0 Å². The van der Waals surface area contributed by atoms with Gasteiger partial charge in [0, 0.05) is 25.9 Å². The number of ether oxygens (including phenoxy) is 1. The Kier molecular flexibility index (Phi) is 4.48. The van der Waals surface area contributed by atoms with Gasteiger partial charge >= 0.3 is 0 Å². The summed E-state index contributed by atoms with van der Waals surface area (Å²) >= 11 is 0. The minimum Gasteiger partial charge on any atom is -0.423 e. The molecule has 7 nitrogen and oxygen atoms in total. The fourth-order valence-electron chi connectivity index (χ4n) is 4.25. The number of carbonyl (C=O) groups is 1. The normalized spacial score (nSPS) is 25.4. The van der Waals surface area contributed by atoms with E-state index in [1.54, 1.807) is 13.1 Å². The number of nitrogens with zero attached hydrogens (tertiary/aromatic N) is 4. The van der Waals surface area contributed by atoms with Gasteiger partial charge in [0.2, 0.25) is 17.7 Å². The van der Waals surface area contributed by atoms with Crippen LogP contribution in [-0.4, -0.2) is 45.2 Å². The van der Waals surface area contributed by atoms with Crippen molar-refractivity contribution in [3.63, 3.8) is 0 Å². The Morgan fingerprint density at radius 3 is 2.73 bits per heavy atom. The van der Waals surface area contributed by atoms with Crippen LogP contribution < -0.4 is 0 Å². The van der Waals surface area contributed by atoms with Crippen LogP contribution in [0.5, 0.6) is 0 Å². The predicted octanol–water partition coefficient (Wildman–Crippen LogP) is 2.57. The molecular formula is C19H24N4O3. The molecule has 2 fully saturated rings. The molecule has 1 aliphatic carbocycles. The Balaban J connectivity index is 1.61. The molecule has 0 N–H and O–H groups in total. The largest absolute Gasteiger partial charge is 0.423 e. The standard InChI is InChI=1S/C19H24N4O3/c1-13-11-23(12-16(25-13)17-22-21-14(2)26-17)18(24)19(7-3-4-8-19)15-6-5-9-20-10-15/h5-6,9-10,13,16H,3-4,7-8,11-12H2,1-2H3/t13-,16-/m1/s1. The lowest BCUT2D eigenvalue weighted by Gasteiger charge is -2.40. The third-order valence-electron chi connectivity index (χ3n) is 5.45. The van der Waals surface area contributed by atoms with Gasteiger partial charge in [0.15, 0.2) is 6.10 Å². The van der Waals surface area contributed by atoms with Gasteiger partial charge in [0.05, 0.1) is 18.1 Å². The van der Waals surface area contributed by atoms with Gasteiger partial charge in [0.25, 0.3) is 0 Å². The third kappa shape index (κ3) is 3.00. The van der Waals surface area contributed by atoms with E-state index < -0.39 is 5.41 Å². The highest BCUT2D eigenvalue weighted by Crippen LogP contribution is 2.43. The highest BCUT2D eigenvalue weighted by atomic mass is 16.5. The quantitative estimate of drug-likeness (QED) is 0.841. The summed E-state index contributed by atoms with van der Waals surface area (Å²) in [6.45, 7) is 4.74. The summed E-state index contributed by atoms with van der Waals surface area (Å²) in [4.78, 5) is 19.8. The van der Waals surface area contributed by atoms with Crippen LogP contribution in [0, 0.1) is 6.92 Å². The number of rotatable bonds is 3. The summed E-state index contributed by atoms with van der Waals surface area (Å²) in [6, 6.07) is 3.94. The first-order valence-electron chi connectivity index (χ1n) is 9.24. The summed E-state index contributed by atoms with van der Waals surface area (Å²) in [6.07, 6.45) is 6.99. The average Bonchev–Trinajstić information content (AvgIpc) is 3.31. The summed E-state index contributed by atoms with van der Waals surface area (Å²) in [5.41, 5.74) is 0.549. The van der Waals surface area contributed by atoms with Gasteiger partial charge in [-0.25, -0.2) is 0 Å². The second-order valence-corrected chi connectivity index (χ2v) is 7.34. The Hall–Kier alpha value is -2.28. The first kappa shape index (κ1) is 17.1. The second kappa shape index (κ2) is 6.79. The van der Waals surface area contributed by atoms with Gasteiger partial charge in [-0.1, -0.05) is 18.9 Å². The van der Waals surface area contributed by atoms with Crippen LogP contribution >= 0.6 is 0 Å². The maximum Gasteiger partial charge on any atom is 0.247 e. The fraction of sp³-hybridized carbons (Fsp3) is 0.579. The molecule has 2 aromatic rings. The molecule has 4 rings (SSSR count). The topological polar surface area (TPSA) is 81.4 Å². The van der Waals surface area contributed by atoms with E-state index in [0.717, 1.165) is 31.2 Å². The highest BCUT2D eigenvalue weighted by Gasteiger charge is 2.47. The molecule has 2 aliphatic rings. The van der Waals surface area contributed by atoms with Crippen LogP contribution in [0.2, 0.25) is 0 Å². The van der Waals surface area contributed by atoms with Crippen molar-refractivity contribution in [2.24, 2.45) is 0 Å². The maximum atomic E-state index is 13.6. The number of hydrogen-bond donors (Lipinski definition) is 0. The molecule has 0 bridgehead atoms. The second-order valence-electron chi connectivity index (χ2n) is 7.34. The van der Waals surface area contributed by atoms with Gasteiger partial charge in [-0.05, 0) is 31.4 Å². The lowest BCUT2D eigenvalue weighted by Crippen LogP contribution is -2.52. The molecular weight excluding hydrogens is 332 g/mol. The molecule has 2 atom stereocenters. The number of hydrogen-bond acceptors (Lipinski definition) is 6. The van der Waals surface area contributed by atoms with Crippen molar-refractivity contribution in [2.45, 2.75) is 57.2 Å². The van der Waals surface area contributed by atoms with E-state index in [4.69, 9.17) is 9.15 Å². The zero-order valence-corrected chi connectivity index (χ0v) is 15.2. The first-order valence-corrected chi connectivity index (χ1v) is 9.24. The van der Waals surface area contributed by atoms with E-state index in [1.807, 2.05) is 30.2 Å². The van der Waals surface area contributed by atoms with Crippen molar-refractivity contribution in [1.29, 1.82) is 0 Å². The number of aromatic nitrogens is 3. The molecule has 1 saturated heterocycles. The molecule has 26 heavy (non-hydrogen) atoms. The van der Waals surface area contributed by atoms with Gasteiger partial charge in [-0.15, -0.1) is 10.2 Å². The van der Waals surface area contributed by atoms with Crippen LogP contribution in [0.1, 0.15) is 56.1 Å². The van der Waals surface area contributed by atoms with Gasteiger partial charge in [-0.2, -0.15) is 0 Å². The summed E-state index contributed by atoms with van der Waals surface area (Å²) < 4.78 is 11.5. The maximum absolute atomic E-state index is 13.6. The summed E-state index contributed by atoms with van der Waals surface area (Å²) in [5.74, 6) is 1.11. The van der Waals surface area contributed by atoms with Crippen LogP contribution in [0.25, 0.3) is 0 Å². The van der Waals surface area contributed by atoms with E-state index >= 15 is 0 Å². The Morgan fingerprint density at radius 1 is 1.27 bits per heavy atom. The molecule has 1 aliphatic heterocycles. The van der Waals surface area contributed by atoms with Crippen molar-refractivity contribution in [2.75, 3.05) is 13.1 Å². The van der Waals surface area contributed by atoms with Crippen molar-refractivity contribution < 1.29 is 13.9 Å².